The number of benzene rings is 3. The molecule has 4 aromatic rings. The number of rotatable bonds is 5. The monoisotopic (exact) mass is 342 g/mol. The molecule has 130 valence electrons. The van der Waals surface area contributed by atoms with Crippen LogP contribution in [0.4, 0.5) is 0 Å². The normalized spacial score (nSPS) is 12.2. The summed E-state index contributed by atoms with van der Waals surface area (Å²) in [7, 11) is 0. The van der Waals surface area contributed by atoms with Gasteiger partial charge >= 0.3 is 0 Å². The van der Waals surface area contributed by atoms with Gasteiger partial charge in [-0.25, -0.2) is 4.98 Å². The molecule has 1 atom stereocenters. The summed E-state index contributed by atoms with van der Waals surface area (Å²) in [4.78, 5) is 4.18. The van der Waals surface area contributed by atoms with E-state index in [0.29, 0.717) is 6.54 Å². The first-order chi connectivity index (χ1) is 12.7. The van der Waals surface area contributed by atoms with Crippen LogP contribution in [0.25, 0.3) is 10.8 Å². The van der Waals surface area contributed by atoms with E-state index in [4.69, 9.17) is 4.74 Å². The van der Waals surface area contributed by atoms with Crippen LogP contribution < -0.4 is 4.74 Å². The molecule has 0 fully saturated rings. The van der Waals surface area contributed by atoms with Crippen LogP contribution in [0.5, 0.6) is 5.75 Å². The molecule has 4 rings (SSSR count). The Hall–Kier alpha value is -3.07. The van der Waals surface area contributed by atoms with Crippen molar-refractivity contribution in [3.8, 4) is 5.75 Å². The van der Waals surface area contributed by atoms with E-state index in [1.54, 1.807) is 6.20 Å². The number of aromatic nitrogens is 2. The summed E-state index contributed by atoms with van der Waals surface area (Å²) in [6, 6.07) is 21.1. The maximum absolute atomic E-state index is 6.59. The van der Waals surface area contributed by atoms with Crippen LogP contribution in [0.3, 0.4) is 0 Å². The van der Waals surface area contributed by atoms with Crippen LogP contribution in [0.1, 0.15) is 22.8 Å². The molecular formula is C23H22N2O. The molecule has 1 unspecified atom stereocenters. The molecular weight excluding hydrogens is 320 g/mol. The highest BCUT2D eigenvalue weighted by molar-refractivity contribution is 5.86. The van der Waals surface area contributed by atoms with Gasteiger partial charge in [0.1, 0.15) is 11.9 Å². The first-order valence-electron chi connectivity index (χ1n) is 8.88. The molecule has 0 saturated heterocycles. The average molecular weight is 342 g/mol. The Morgan fingerprint density at radius 2 is 1.65 bits per heavy atom. The molecule has 0 N–H and O–H groups in total. The van der Waals surface area contributed by atoms with Crippen molar-refractivity contribution in [1.29, 1.82) is 0 Å². The number of fused-ring (bicyclic) bond motifs is 1. The third kappa shape index (κ3) is 3.21. The fourth-order valence-corrected chi connectivity index (χ4v) is 3.44. The Morgan fingerprint density at radius 3 is 2.42 bits per heavy atom. The lowest BCUT2D eigenvalue weighted by Crippen LogP contribution is -2.16. The Balaban J connectivity index is 1.80. The van der Waals surface area contributed by atoms with E-state index in [0.717, 1.165) is 16.9 Å². The van der Waals surface area contributed by atoms with E-state index in [9.17, 15) is 0 Å². The van der Waals surface area contributed by atoms with Gasteiger partial charge in [-0.2, -0.15) is 0 Å². The largest absolute Gasteiger partial charge is 0.483 e. The third-order valence-electron chi connectivity index (χ3n) is 4.77. The first kappa shape index (κ1) is 16.4. The second kappa shape index (κ2) is 7.04. The summed E-state index contributed by atoms with van der Waals surface area (Å²) >= 11 is 0. The molecule has 0 amide bonds. The fourth-order valence-electron chi connectivity index (χ4n) is 3.44. The third-order valence-corrected chi connectivity index (χ3v) is 4.77. The van der Waals surface area contributed by atoms with Crippen molar-refractivity contribution >= 4 is 10.8 Å². The maximum atomic E-state index is 6.59. The van der Waals surface area contributed by atoms with Crippen LogP contribution in [0.2, 0.25) is 0 Å². The van der Waals surface area contributed by atoms with Crippen LogP contribution in [-0.4, -0.2) is 9.55 Å². The van der Waals surface area contributed by atoms with E-state index >= 15 is 0 Å². The molecule has 1 aromatic heterocycles. The lowest BCUT2D eigenvalue weighted by molar-refractivity contribution is 0.182. The van der Waals surface area contributed by atoms with E-state index in [1.165, 1.54) is 16.3 Å². The Kier molecular flexibility index (Phi) is 4.44. The number of nitrogens with zero attached hydrogens (tertiary/aromatic N) is 2. The zero-order valence-electron chi connectivity index (χ0n) is 15.1. The van der Waals surface area contributed by atoms with Gasteiger partial charge in [-0.3, -0.25) is 0 Å². The Bertz CT molecular complexity index is 996. The molecule has 0 aliphatic heterocycles. The molecule has 0 bridgehead atoms. The van der Waals surface area contributed by atoms with E-state index in [2.05, 4.69) is 84.1 Å². The summed E-state index contributed by atoms with van der Waals surface area (Å²) in [6.45, 7) is 4.90. The minimum Gasteiger partial charge on any atom is -0.483 e. The molecule has 0 aliphatic carbocycles. The second-order valence-electron chi connectivity index (χ2n) is 6.66. The highest BCUT2D eigenvalue weighted by Gasteiger charge is 2.19. The van der Waals surface area contributed by atoms with Gasteiger partial charge in [-0.15, -0.1) is 0 Å². The highest BCUT2D eigenvalue weighted by Crippen LogP contribution is 2.32. The van der Waals surface area contributed by atoms with Crippen molar-refractivity contribution in [2.24, 2.45) is 0 Å². The number of aryl methyl sites for hydroxylation is 2. The summed E-state index contributed by atoms with van der Waals surface area (Å²) in [5.74, 6) is 0.963. The van der Waals surface area contributed by atoms with Crippen LogP contribution in [0, 0.1) is 13.8 Å². The minimum absolute atomic E-state index is 0.102. The van der Waals surface area contributed by atoms with Crippen molar-refractivity contribution in [2.75, 3.05) is 0 Å². The van der Waals surface area contributed by atoms with E-state index < -0.39 is 0 Å². The van der Waals surface area contributed by atoms with Crippen LogP contribution in [-0.2, 0) is 6.54 Å². The lowest BCUT2D eigenvalue weighted by atomic mass is 10.00. The predicted molar refractivity (Wildman–Crippen MR) is 105 cm³/mol. The lowest BCUT2D eigenvalue weighted by Gasteiger charge is -2.24. The molecule has 26 heavy (non-hydrogen) atoms. The maximum Gasteiger partial charge on any atom is 0.142 e. The topological polar surface area (TPSA) is 27.1 Å². The van der Waals surface area contributed by atoms with Crippen molar-refractivity contribution in [2.45, 2.75) is 26.5 Å². The van der Waals surface area contributed by atoms with Crippen LogP contribution >= 0.6 is 0 Å². The van der Waals surface area contributed by atoms with E-state index in [1.807, 2.05) is 12.5 Å². The number of para-hydroxylation sites is 1. The van der Waals surface area contributed by atoms with Crippen molar-refractivity contribution in [1.82, 2.24) is 9.55 Å². The molecule has 0 radical (unpaired) electrons. The molecule has 0 saturated carbocycles. The van der Waals surface area contributed by atoms with Gasteiger partial charge in [0.2, 0.25) is 0 Å². The summed E-state index contributed by atoms with van der Waals surface area (Å²) in [5, 5.41) is 2.46. The van der Waals surface area contributed by atoms with Crippen molar-refractivity contribution in [3.05, 3.63) is 96.1 Å². The number of ether oxygens (including phenoxy) is 1. The Labute approximate surface area is 153 Å². The molecule has 1 heterocycles. The number of imidazole rings is 1. The van der Waals surface area contributed by atoms with Gasteiger partial charge < -0.3 is 9.30 Å². The van der Waals surface area contributed by atoms with Crippen molar-refractivity contribution in [3.63, 3.8) is 0 Å². The van der Waals surface area contributed by atoms with Crippen molar-refractivity contribution < 1.29 is 4.74 Å². The first-order valence-corrected chi connectivity index (χ1v) is 8.88. The predicted octanol–water partition coefficient (Wildman–Crippen LogP) is 5.47. The summed E-state index contributed by atoms with van der Waals surface area (Å²) < 4.78 is 8.66. The van der Waals surface area contributed by atoms with E-state index in [-0.39, 0.29) is 6.10 Å². The number of hydrogen-bond acceptors (Lipinski definition) is 2. The van der Waals surface area contributed by atoms with Gasteiger partial charge in [0.25, 0.3) is 0 Å². The molecule has 3 nitrogen and oxygen atoms in total. The van der Waals surface area contributed by atoms with Gasteiger partial charge in [0, 0.05) is 18.0 Å². The number of hydrogen-bond donors (Lipinski definition) is 0. The smallest absolute Gasteiger partial charge is 0.142 e. The Morgan fingerprint density at radius 1 is 0.923 bits per heavy atom. The standard InChI is InChI=1S/C23H22N2O/c1-17-7-5-8-18(2)23(17)26-22(15-25-14-13-24-16-25)21-12-6-10-19-9-3-4-11-20(19)21/h3-14,16,22H,15H2,1-2H3. The van der Waals surface area contributed by atoms with Gasteiger partial charge in [0.05, 0.1) is 12.9 Å². The zero-order chi connectivity index (χ0) is 17.9. The summed E-state index contributed by atoms with van der Waals surface area (Å²) in [5.41, 5.74) is 3.50. The average Bonchev–Trinajstić information content (AvgIpc) is 3.16. The molecule has 0 spiro atoms. The SMILES string of the molecule is Cc1cccc(C)c1OC(Cn1ccnc1)c1cccc2ccccc12. The quantitative estimate of drug-likeness (QED) is 0.480. The minimum atomic E-state index is -0.102. The highest BCUT2D eigenvalue weighted by atomic mass is 16.5. The fraction of sp³-hybridized carbons (Fsp3) is 0.174. The summed E-state index contributed by atoms with van der Waals surface area (Å²) in [6.07, 6.45) is 5.52. The molecule has 3 heteroatoms. The molecule has 0 aliphatic rings. The van der Waals surface area contributed by atoms with Gasteiger partial charge in [0.15, 0.2) is 0 Å². The van der Waals surface area contributed by atoms with Gasteiger partial charge in [-0.1, -0.05) is 60.7 Å². The second-order valence-corrected chi connectivity index (χ2v) is 6.66. The zero-order valence-corrected chi connectivity index (χ0v) is 15.1. The molecule has 3 aromatic carbocycles. The van der Waals surface area contributed by atoms with Gasteiger partial charge in [-0.05, 0) is 35.7 Å². The van der Waals surface area contributed by atoms with Crippen LogP contribution in [0.15, 0.2) is 79.4 Å².